The molecule has 0 N–H and O–H groups in total. The minimum Gasteiger partial charge on any atom is -0.459 e. The minimum atomic E-state index is -0.312. The van der Waals surface area contributed by atoms with E-state index in [9.17, 15) is 9.59 Å². The first-order valence-electron chi connectivity index (χ1n) is 11.4. The van der Waals surface area contributed by atoms with Crippen LogP contribution in [0.3, 0.4) is 0 Å². The molecule has 4 nitrogen and oxygen atoms in total. The number of carbonyl (C=O) groups is 2. The lowest BCUT2D eigenvalue weighted by atomic mass is 9.71. The first-order valence-corrected chi connectivity index (χ1v) is 11.4. The SMILES string of the molecule is CC1CC(OC(=O)c2ccc(C(=O)OC3CC(C)CC(C)(C)C3)cc2)CC(C)(C)C1. The zero-order valence-corrected chi connectivity index (χ0v) is 19.5. The summed E-state index contributed by atoms with van der Waals surface area (Å²) in [6.07, 6.45) is 5.85. The Morgan fingerprint density at radius 2 is 1.03 bits per heavy atom. The number of rotatable bonds is 4. The summed E-state index contributed by atoms with van der Waals surface area (Å²) in [5.41, 5.74) is 1.35. The monoisotopic (exact) mass is 414 g/mol. The van der Waals surface area contributed by atoms with Crippen LogP contribution in [0.25, 0.3) is 0 Å². The maximum Gasteiger partial charge on any atom is 0.338 e. The van der Waals surface area contributed by atoms with Gasteiger partial charge in [0.05, 0.1) is 11.1 Å². The predicted octanol–water partition coefficient (Wildman–Crippen LogP) is 6.43. The van der Waals surface area contributed by atoms with E-state index in [0.717, 1.165) is 38.5 Å². The first-order chi connectivity index (χ1) is 13.9. The van der Waals surface area contributed by atoms with Crippen LogP contribution in [0.2, 0.25) is 0 Å². The van der Waals surface area contributed by atoms with E-state index in [4.69, 9.17) is 9.47 Å². The zero-order chi connectivity index (χ0) is 22.1. The highest BCUT2D eigenvalue weighted by molar-refractivity contribution is 5.93. The number of carbonyl (C=O) groups excluding carboxylic acids is 2. The van der Waals surface area contributed by atoms with Crippen LogP contribution in [0.5, 0.6) is 0 Å². The van der Waals surface area contributed by atoms with Crippen molar-refractivity contribution in [1.82, 2.24) is 0 Å². The van der Waals surface area contributed by atoms with Crippen LogP contribution in [0.4, 0.5) is 0 Å². The van der Waals surface area contributed by atoms with Gasteiger partial charge in [-0.05, 0) is 85.5 Å². The van der Waals surface area contributed by atoms with Crippen molar-refractivity contribution >= 4 is 11.9 Å². The van der Waals surface area contributed by atoms with Crippen molar-refractivity contribution in [3.05, 3.63) is 35.4 Å². The number of ether oxygens (including phenoxy) is 2. The Kier molecular flexibility index (Phi) is 6.64. The largest absolute Gasteiger partial charge is 0.459 e. The lowest BCUT2D eigenvalue weighted by molar-refractivity contribution is -0.00862. The van der Waals surface area contributed by atoms with Gasteiger partial charge in [0, 0.05) is 0 Å². The van der Waals surface area contributed by atoms with Crippen molar-refractivity contribution in [2.45, 2.75) is 92.3 Å². The molecule has 1 aromatic rings. The molecule has 3 rings (SSSR count). The topological polar surface area (TPSA) is 52.6 Å². The molecule has 1 aromatic carbocycles. The molecule has 0 heterocycles. The molecule has 30 heavy (non-hydrogen) atoms. The van der Waals surface area contributed by atoms with Crippen molar-refractivity contribution in [1.29, 1.82) is 0 Å². The second-order valence-corrected chi connectivity index (χ2v) is 11.5. The standard InChI is InChI=1S/C26H38O4/c1-17-11-21(15-25(3,4)13-17)29-23(27)19-7-9-20(10-8-19)24(28)30-22-12-18(2)14-26(5,6)16-22/h7-10,17-18,21-22H,11-16H2,1-6H3. The van der Waals surface area contributed by atoms with Crippen LogP contribution in [0, 0.1) is 22.7 Å². The van der Waals surface area contributed by atoms with Crippen molar-refractivity contribution in [2.75, 3.05) is 0 Å². The summed E-state index contributed by atoms with van der Waals surface area (Å²) in [5, 5.41) is 0. The third-order valence-corrected chi connectivity index (χ3v) is 6.60. The van der Waals surface area contributed by atoms with Gasteiger partial charge in [-0.1, -0.05) is 41.5 Å². The van der Waals surface area contributed by atoms with E-state index in [1.807, 2.05) is 0 Å². The van der Waals surface area contributed by atoms with Gasteiger partial charge >= 0.3 is 11.9 Å². The molecule has 2 aliphatic rings. The Labute approximate surface area is 181 Å². The lowest BCUT2D eigenvalue weighted by Crippen LogP contribution is -2.34. The molecule has 4 unspecified atom stereocenters. The maximum atomic E-state index is 12.6. The van der Waals surface area contributed by atoms with Crippen LogP contribution in [-0.4, -0.2) is 24.1 Å². The summed E-state index contributed by atoms with van der Waals surface area (Å²) in [7, 11) is 0. The van der Waals surface area contributed by atoms with E-state index in [0.29, 0.717) is 23.0 Å². The summed E-state index contributed by atoms with van der Waals surface area (Å²) < 4.78 is 11.6. The fourth-order valence-corrected chi connectivity index (χ4v) is 5.88. The molecule has 0 aliphatic heterocycles. The Morgan fingerprint density at radius 3 is 1.33 bits per heavy atom. The number of esters is 2. The van der Waals surface area contributed by atoms with Gasteiger partial charge in [0.25, 0.3) is 0 Å². The Bertz CT molecular complexity index is 697. The number of hydrogen-bond acceptors (Lipinski definition) is 4. The quantitative estimate of drug-likeness (QED) is 0.533. The molecule has 0 bridgehead atoms. The van der Waals surface area contributed by atoms with Crippen LogP contribution in [-0.2, 0) is 9.47 Å². The third-order valence-electron chi connectivity index (χ3n) is 6.60. The zero-order valence-electron chi connectivity index (χ0n) is 19.5. The highest BCUT2D eigenvalue weighted by Crippen LogP contribution is 2.41. The van der Waals surface area contributed by atoms with Crippen molar-refractivity contribution in [3.8, 4) is 0 Å². The second-order valence-electron chi connectivity index (χ2n) is 11.5. The van der Waals surface area contributed by atoms with Gasteiger partial charge in [0.2, 0.25) is 0 Å². The van der Waals surface area contributed by atoms with Gasteiger partial charge in [0.15, 0.2) is 0 Å². The van der Waals surface area contributed by atoms with Crippen LogP contribution < -0.4 is 0 Å². The summed E-state index contributed by atoms with van der Waals surface area (Å²) in [6.45, 7) is 13.4. The van der Waals surface area contributed by atoms with E-state index in [1.165, 1.54) is 0 Å². The molecule has 4 atom stereocenters. The highest BCUT2D eigenvalue weighted by Gasteiger charge is 2.35. The van der Waals surface area contributed by atoms with Crippen LogP contribution in [0.1, 0.15) is 101 Å². The van der Waals surface area contributed by atoms with E-state index < -0.39 is 0 Å². The molecular weight excluding hydrogens is 376 g/mol. The average Bonchev–Trinajstić information content (AvgIpc) is 2.58. The van der Waals surface area contributed by atoms with Crippen LogP contribution in [0.15, 0.2) is 24.3 Å². The van der Waals surface area contributed by atoms with Gasteiger partial charge in [-0.2, -0.15) is 0 Å². The maximum absolute atomic E-state index is 12.6. The fraction of sp³-hybridized carbons (Fsp3) is 0.692. The molecule has 0 aromatic heterocycles. The smallest absolute Gasteiger partial charge is 0.338 e. The van der Waals surface area contributed by atoms with Gasteiger partial charge in [-0.25, -0.2) is 9.59 Å². The third kappa shape index (κ3) is 6.09. The molecule has 0 spiro atoms. The molecular formula is C26H38O4. The highest BCUT2D eigenvalue weighted by atomic mass is 16.5. The number of hydrogen-bond donors (Lipinski definition) is 0. The predicted molar refractivity (Wildman–Crippen MR) is 118 cm³/mol. The summed E-state index contributed by atoms with van der Waals surface area (Å²) in [4.78, 5) is 25.2. The van der Waals surface area contributed by atoms with E-state index >= 15 is 0 Å². The minimum absolute atomic E-state index is 0.0439. The second kappa shape index (κ2) is 8.72. The van der Waals surface area contributed by atoms with E-state index in [-0.39, 0.29) is 35.0 Å². The normalized spacial score (nSPS) is 30.3. The summed E-state index contributed by atoms with van der Waals surface area (Å²) in [5.74, 6) is 0.479. The molecule has 0 amide bonds. The summed E-state index contributed by atoms with van der Waals surface area (Å²) >= 11 is 0. The van der Waals surface area contributed by atoms with E-state index in [2.05, 4.69) is 41.5 Å². The molecule has 2 saturated carbocycles. The van der Waals surface area contributed by atoms with Gasteiger partial charge in [0.1, 0.15) is 12.2 Å². The molecule has 166 valence electrons. The Balaban J connectivity index is 1.57. The molecule has 2 fully saturated rings. The van der Waals surface area contributed by atoms with Gasteiger partial charge in [-0.3, -0.25) is 0 Å². The Hall–Kier alpha value is -1.84. The van der Waals surface area contributed by atoms with Crippen molar-refractivity contribution in [2.24, 2.45) is 22.7 Å². The van der Waals surface area contributed by atoms with Gasteiger partial charge in [-0.15, -0.1) is 0 Å². The van der Waals surface area contributed by atoms with E-state index in [1.54, 1.807) is 24.3 Å². The molecule has 0 saturated heterocycles. The average molecular weight is 415 g/mol. The van der Waals surface area contributed by atoms with Crippen molar-refractivity contribution < 1.29 is 19.1 Å². The number of benzene rings is 1. The summed E-state index contributed by atoms with van der Waals surface area (Å²) in [6, 6.07) is 6.68. The Morgan fingerprint density at radius 1 is 0.700 bits per heavy atom. The fourth-order valence-electron chi connectivity index (χ4n) is 5.88. The van der Waals surface area contributed by atoms with Gasteiger partial charge < -0.3 is 9.47 Å². The van der Waals surface area contributed by atoms with Crippen LogP contribution >= 0.6 is 0 Å². The lowest BCUT2D eigenvalue weighted by Gasteiger charge is -2.38. The first kappa shape index (κ1) is 22.8. The molecule has 2 aliphatic carbocycles. The van der Waals surface area contributed by atoms with Crippen molar-refractivity contribution in [3.63, 3.8) is 0 Å². The molecule has 0 radical (unpaired) electrons. The molecule has 4 heteroatoms.